The summed E-state index contributed by atoms with van der Waals surface area (Å²) in [6.45, 7) is 0.584. The first-order valence-electron chi connectivity index (χ1n) is 6.83. The fourth-order valence-electron chi connectivity index (χ4n) is 2.40. The molecule has 0 saturated carbocycles. The minimum absolute atomic E-state index is 0.584. The lowest BCUT2D eigenvalue weighted by Crippen LogP contribution is -2.04. The molecule has 0 aliphatic rings. The van der Waals surface area contributed by atoms with E-state index in [9.17, 15) is 0 Å². The number of ether oxygens (including phenoxy) is 3. The quantitative estimate of drug-likeness (QED) is 0.887. The van der Waals surface area contributed by atoms with E-state index in [0.717, 1.165) is 28.9 Å². The molecule has 0 saturated heterocycles. The van der Waals surface area contributed by atoms with E-state index in [0.29, 0.717) is 18.0 Å². The predicted molar refractivity (Wildman–Crippen MR) is 84.3 cm³/mol. The molecule has 0 aromatic heterocycles. The molecule has 0 aliphatic carbocycles. The van der Waals surface area contributed by atoms with Gasteiger partial charge in [-0.15, -0.1) is 0 Å². The zero-order valence-electron chi connectivity index (χ0n) is 12.7. The third-order valence-corrected chi connectivity index (χ3v) is 3.37. The van der Waals surface area contributed by atoms with Gasteiger partial charge in [0.1, 0.15) is 5.75 Å². The van der Waals surface area contributed by atoms with Crippen LogP contribution in [0.25, 0.3) is 11.1 Å². The van der Waals surface area contributed by atoms with Crippen LogP contribution in [-0.4, -0.2) is 27.9 Å². The highest BCUT2D eigenvalue weighted by atomic mass is 16.5. The van der Waals surface area contributed by atoms with E-state index < -0.39 is 0 Å². The third kappa shape index (κ3) is 3.11. The SMILES string of the molecule is COc1ccccc1-c1cc(CCN)cc(OC)c1OC. The van der Waals surface area contributed by atoms with Crippen LogP contribution in [0.4, 0.5) is 0 Å². The molecule has 0 unspecified atom stereocenters. The first-order chi connectivity index (χ1) is 10.2. The number of hydrogen-bond acceptors (Lipinski definition) is 4. The lowest BCUT2D eigenvalue weighted by Gasteiger charge is -2.17. The summed E-state index contributed by atoms with van der Waals surface area (Å²) in [5.74, 6) is 2.19. The van der Waals surface area contributed by atoms with Gasteiger partial charge in [-0.25, -0.2) is 0 Å². The maximum Gasteiger partial charge on any atom is 0.168 e. The summed E-state index contributed by atoms with van der Waals surface area (Å²) in [7, 11) is 4.93. The largest absolute Gasteiger partial charge is 0.496 e. The molecule has 21 heavy (non-hydrogen) atoms. The molecule has 0 aliphatic heterocycles. The highest BCUT2D eigenvalue weighted by Crippen LogP contribution is 2.42. The second-order valence-electron chi connectivity index (χ2n) is 4.62. The van der Waals surface area contributed by atoms with Gasteiger partial charge < -0.3 is 19.9 Å². The molecule has 0 radical (unpaired) electrons. The molecule has 0 heterocycles. The van der Waals surface area contributed by atoms with Gasteiger partial charge in [-0.05, 0) is 36.7 Å². The Kier molecular flexibility index (Phi) is 5.06. The van der Waals surface area contributed by atoms with Crippen LogP contribution in [-0.2, 0) is 6.42 Å². The summed E-state index contributed by atoms with van der Waals surface area (Å²) < 4.78 is 16.4. The molecular formula is C17H21NO3. The minimum Gasteiger partial charge on any atom is -0.496 e. The molecule has 4 heteroatoms. The lowest BCUT2D eigenvalue weighted by atomic mass is 9.99. The van der Waals surface area contributed by atoms with E-state index >= 15 is 0 Å². The number of benzene rings is 2. The Hall–Kier alpha value is -2.20. The van der Waals surface area contributed by atoms with E-state index in [1.54, 1.807) is 21.3 Å². The van der Waals surface area contributed by atoms with E-state index in [1.165, 1.54) is 0 Å². The molecule has 2 aromatic carbocycles. The summed E-state index contributed by atoms with van der Waals surface area (Å²) >= 11 is 0. The van der Waals surface area contributed by atoms with E-state index in [1.807, 2.05) is 30.3 Å². The normalized spacial score (nSPS) is 10.3. The van der Waals surface area contributed by atoms with Gasteiger partial charge in [-0.2, -0.15) is 0 Å². The zero-order chi connectivity index (χ0) is 15.2. The summed E-state index contributed by atoms with van der Waals surface area (Å²) in [5, 5.41) is 0. The fraction of sp³-hybridized carbons (Fsp3) is 0.294. The smallest absolute Gasteiger partial charge is 0.168 e. The molecule has 0 spiro atoms. The Labute approximate surface area is 125 Å². The van der Waals surface area contributed by atoms with E-state index in [2.05, 4.69) is 6.07 Å². The highest BCUT2D eigenvalue weighted by molar-refractivity contribution is 5.79. The second-order valence-corrected chi connectivity index (χ2v) is 4.62. The van der Waals surface area contributed by atoms with Crippen molar-refractivity contribution < 1.29 is 14.2 Å². The van der Waals surface area contributed by atoms with Gasteiger partial charge in [0.15, 0.2) is 11.5 Å². The summed E-state index contributed by atoms with van der Waals surface area (Å²) in [5.41, 5.74) is 8.69. The summed E-state index contributed by atoms with van der Waals surface area (Å²) in [4.78, 5) is 0. The monoisotopic (exact) mass is 287 g/mol. The third-order valence-electron chi connectivity index (χ3n) is 3.37. The average Bonchev–Trinajstić information content (AvgIpc) is 2.54. The second kappa shape index (κ2) is 6.99. The Morgan fingerprint density at radius 2 is 1.57 bits per heavy atom. The van der Waals surface area contributed by atoms with Crippen molar-refractivity contribution in [3.8, 4) is 28.4 Å². The highest BCUT2D eigenvalue weighted by Gasteiger charge is 2.16. The zero-order valence-corrected chi connectivity index (χ0v) is 12.7. The Balaban J connectivity index is 2.67. The molecule has 2 N–H and O–H groups in total. The predicted octanol–water partition coefficient (Wildman–Crippen LogP) is 2.88. The maximum absolute atomic E-state index is 5.67. The van der Waals surface area contributed by atoms with Gasteiger partial charge >= 0.3 is 0 Å². The van der Waals surface area contributed by atoms with Crippen molar-refractivity contribution in [2.75, 3.05) is 27.9 Å². The molecule has 2 rings (SSSR count). The number of rotatable bonds is 6. The molecular weight excluding hydrogens is 266 g/mol. The van der Waals surface area contributed by atoms with Crippen LogP contribution >= 0.6 is 0 Å². The first kappa shape index (κ1) is 15.2. The number of methoxy groups -OCH3 is 3. The van der Waals surface area contributed by atoms with Crippen LogP contribution in [0, 0.1) is 0 Å². The molecule has 0 fully saturated rings. The first-order valence-corrected chi connectivity index (χ1v) is 6.83. The molecule has 0 bridgehead atoms. The van der Waals surface area contributed by atoms with Crippen LogP contribution in [0.1, 0.15) is 5.56 Å². The Morgan fingerprint density at radius 1 is 0.857 bits per heavy atom. The number of nitrogens with two attached hydrogens (primary N) is 1. The van der Waals surface area contributed by atoms with Gasteiger partial charge in [-0.3, -0.25) is 0 Å². The van der Waals surface area contributed by atoms with Gasteiger partial charge in [-0.1, -0.05) is 18.2 Å². The van der Waals surface area contributed by atoms with E-state index in [-0.39, 0.29) is 0 Å². The van der Waals surface area contributed by atoms with Crippen molar-refractivity contribution >= 4 is 0 Å². The van der Waals surface area contributed by atoms with Crippen LogP contribution in [0.15, 0.2) is 36.4 Å². The van der Waals surface area contributed by atoms with Crippen molar-refractivity contribution in [2.45, 2.75) is 6.42 Å². The summed E-state index contributed by atoms with van der Waals surface area (Å²) in [6, 6.07) is 11.9. The minimum atomic E-state index is 0.584. The fourth-order valence-corrected chi connectivity index (χ4v) is 2.40. The van der Waals surface area contributed by atoms with E-state index in [4.69, 9.17) is 19.9 Å². The molecule has 112 valence electrons. The van der Waals surface area contributed by atoms with Crippen LogP contribution < -0.4 is 19.9 Å². The molecule has 4 nitrogen and oxygen atoms in total. The maximum atomic E-state index is 5.67. The topological polar surface area (TPSA) is 53.7 Å². The van der Waals surface area contributed by atoms with Gasteiger partial charge in [0.2, 0.25) is 0 Å². The van der Waals surface area contributed by atoms with Crippen LogP contribution in [0.3, 0.4) is 0 Å². The average molecular weight is 287 g/mol. The number of hydrogen-bond donors (Lipinski definition) is 1. The standard InChI is InChI=1S/C17H21NO3/c1-19-15-7-5-4-6-13(15)14-10-12(8-9-18)11-16(20-2)17(14)21-3/h4-7,10-11H,8-9,18H2,1-3H3. The van der Waals surface area contributed by atoms with Crippen LogP contribution in [0.5, 0.6) is 17.2 Å². The van der Waals surface area contributed by atoms with Crippen LogP contribution in [0.2, 0.25) is 0 Å². The van der Waals surface area contributed by atoms with Crippen molar-refractivity contribution in [1.29, 1.82) is 0 Å². The van der Waals surface area contributed by atoms with Crippen molar-refractivity contribution in [2.24, 2.45) is 5.73 Å². The molecule has 0 atom stereocenters. The van der Waals surface area contributed by atoms with Crippen molar-refractivity contribution in [1.82, 2.24) is 0 Å². The molecule has 0 amide bonds. The number of para-hydroxylation sites is 1. The Morgan fingerprint density at radius 3 is 2.19 bits per heavy atom. The van der Waals surface area contributed by atoms with Gasteiger partial charge in [0.05, 0.1) is 21.3 Å². The Bertz CT molecular complexity index is 611. The van der Waals surface area contributed by atoms with Crippen molar-refractivity contribution in [3.05, 3.63) is 42.0 Å². The van der Waals surface area contributed by atoms with Gasteiger partial charge in [0.25, 0.3) is 0 Å². The summed E-state index contributed by atoms with van der Waals surface area (Å²) in [6.07, 6.45) is 0.780. The lowest BCUT2D eigenvalue weighted by molar-refractivity contribution is 0.355. The van der Waals surface area contributed by atoms with Gasteiger partial charge in [0, 0.05) is 11.1 Å². The van der Waals surface area contributed by atoms with Crippen molar-refractivity contribution in [3.63, 3.8) is 0 Å². The molecule has 2 aromatic rings.